The zero-order chi connectivity index (χ0) is 12.3. The third-order valence-corrected chi connectivity index (χ3v) is 5.02. The van der Waals surface area contributed by atoms with Gasteiger partial charge in [0.25, 0.3) is 0 Å². The fraction of sp³-hybridized carbons (Fsp3) is 0.500. The van der Waals surface area contributed by atoms with Crippen molar-refractivity contribution in [3.63, 3.8) is 0 Å². The van der Waals surface area contributed by atoms with Crippen LogP contribution in [-0.2, 0) is 16.6 Å². The molecule has 0 radical (unpaired) electrons. The van der Waals surface area contributed by atoms with E-state index in [9.17, 15) is 8.42 Å². The Morgan fingerprint density at radius 2 is 1.88 bits per heavy atom. The Hall–Kier alpha value is -0.910. The van der Waals surface area contributed by atoms with Crippen molar-refractivity contribution in [2.45, 2.75) is 24.3 Å². The highest BCUT2D eigenvalue weighted by Crippen LogP contribution is 2.23. The predicted molar refractivity (Wildman–Crippen MR) is 67.2 cm³/mol. The van der Waals surface area contributed by atoms with Crippen LogP contribution in [0.25, 0.3) is 0 Å². The number of rotatable bonds is 4. The van der Waals surface area contributed by atoms with Crippen LogP contribution in [-0.4, -0.2) is 32.9 Å². The van der Waals surface area contributed by atoms with Gasteiger partial charge in [-0.15, -0.1) is 0 Å². The van der Waals surface area contributed by atoms with Gasteiger partial charge in [-0.1, -0.05) is 18.2 Å². The van der Waals surface area contributed by atoms with E-state index in [4.69, 9.17) is 0 Å². The summed E-state index contributed by atoms with van der Waals surface area (Å²) in [5.41, 5.74) is 0.835. The maximum absolute atomic E-state index is 12.4. The second-order valence-corrected chi connectivity index (χ2v) is 6.16. The summed E-state index contributed by atoms with van der Waals surface area (Å²) in [5, 5.41) is 3.00. The standard InChI is InChI=1S/C12H18N2O2S/c1-13-10-11-6-2-3-7-12(11)17(15,16)14-8-4-5-9-14/h2-3,6-7,13H,4-5,8-10H2,1H3. The van der Waals surface area contributed by atoms with Gasteiger partial charge in [0.15, 0.2) is 0 Å². The molecule has 5 heteroatoms. The molecule has 0 aliphatic carbocycles. The zero-order valence-electron chi connectivity index (χ0n) is 10.0. The molecule has 0 amide bonds. The second-order valence-electron chi connectivity index (χ2n) is 4.25. The minimum Gasteiger partial charge on any atom is -0.316 e. The lowest BCUT2D eigenvalue weighted by atomic mass is 10.2. The lowest BCUT2D eigenvalue weighted by Gasteiger charge is -2.17. The first-order chi connectivity index (χ1) is 8.16. The molecule has 1 heterocycles. The van der Waals surface area contributed by atoms with Gasteiger partial charge in [0.05, 0.1) is 4.90 Å². The Bertz CT molecular complexity index is 479. The lowest BCUT2D eigenvalue weighted by molar-refractivity contribution is 0.476. The van der Waals surface area contributed by atoms with Crippen LogP contribution in [0, 0.1) is 0 Å². The third kappa shape index (κ3) is 2.51. The highest BCUT2D eigenvalue weighted by atomic mass is 32.2. The summed E-state index contributed by atoms with van der Waals surface area (Å²) in [7, 11) is -1.48. The average molecular weight is 254 g/mol. The molecule has 94 valence electrons. The molecule has 1 fully saturated rings. The van der Waals surface area contributed by atoms with Gasteiger partial charge in [0, 0.05) is 19.6 Å². The summed E-state index contributed by atoms with van der Waals surface area (Å²) in [5.74, 6) is 0. The first kappa shape index (κ1) is 12.5. The van der Waals surface area contributed by atoms with Crippen molar-refractivity contribution in [3.05, 3.63) is 29.8 Å². The largest absolute Gasteiger partial charge is 0.316 e. The monoisotopic (exact) mass is 254 g/mol. The van der Waals surface area contributed by atoms with Gasteiger partial charge in [0.1, 0.15) is 0 Å². The quantitative estimate of drug-likeness (QED) is 0.878. The Labute approximate surface area is 103 Å². The van der Waals surface area contributed by atoms with Crippen LogP contribution in [0.3, 0.4) is 0 Å². The minimum atomic E-state index is -3.30. The van der Waals surface area contributed by atoms with Crippen molar-refractivity contribution in [1.29, 1.82) is 0 Å². The topological polar surface area (TPSA) is 49.4 Å². The van der Waals surface area contributed by atoms with Gasteiger partial charge in [-0.05, 0) is 31.5 Å². The highest BCUT2D eigenvalue weighted by molar-refractivity contribution is 7.89. The molecule has 1 N–H and O–H groups in total. The average Bonchev–Trinajstić information content (AvgIpc) is 2.84. The fourth-order valence-electron chi connectivity index (χ4n) is 2.16. The SMILES string of the molecule is CNCc1ccccc1S(=O)(=O)N1CCCC1. The van der Waals surface area contributed by atoms with Crippen LogP contribution >= 0.6 is 0 Å². The van der Waals surface area contributed by atoms with Gasteiger partial charge >= 0.3 is 0 Å². The smallest absolute Gasteiger partial charge is 0.243 e. The van der Waals surface area contributed by atoms with Gasteiger partial charge < -0.3 is 5.32 Å². The van der Waals surface area contributed by atoms with Crippen LogP contribution in [0.1, 0.15) is 18.4 Å². The first-order valence-electron chi connectivity index (χ1n) is 5.89. The van der Waals surface area contributed by atoms with Crippen molar-refractivity contribution in [1.82, 2.24) is 9.62 Å². The molecular weight excluding hydrogens is 236 g/mol. The summed E-state index contributed by atoms with van der Waals surface area (Å²) >= 11 is 0. The van der Waals surface area contributed by atoms with E-state index in [-0.39, 0.29) is 0 Å². The van der Waals surface area contributed by atoms with E-state index in [0.717, 1.165) is 18.4 Å². The van der Waals surface area contributed by atoms with Crippen LogP contribution in [0.5, 0.6) is 0 Å². The molecule has 1 saturated heterocycles. The Morgan fingerprint density at radius 1 is 1.24 bits per heavy atom. The predicted octanol–water partition coefficient (Wildman–Crippen LogP) is 1.19. The van der Waals surface area contributed by atoms with E-state index in [0.29, 0.717) is 24.5 Å². The minimum absolute atomic E-state index is 0.441. The summed E-state index contributed by atoms with van der Waals surface area (Å²) in [6.45, 7) is 1.87. The summed E-state index contributed by atoms with van der Waals surface area (Å²) in [4.78, 5) is 0.441. The van der Waals surface area contributed by atoms with E-state index in [1.54, 1.807) is 16.4 Å². The van der Waals surface area contributed by atoms with Crippen LogP contribution in [0.15, 0.2) is 29.2 Å². The van der Waals surface area contributed by atoms with Gasteiger partial charge in [0.2, 0.25) is 10.0 Å². The third-order valence-electron chi connectivity index (χ3n) is 3.02. The first-order valence-corrected chi connectivity index (χ1v) is 7.33. The number of nitrogens with one attached hydrogen (secondary N) is 1. The Kier molecular flexibility index (Phi) is 3.81. The summed E-state index contributed by atoms with van der Waals surface area (Å²) in [6, 6.07) is 7.21. The molecule has 0 aromatic heterocycles. The number of sulfonamides is 1. The van der Waals surface area contributed by atoms with Crippen LogP contribution < -0.4 is 5.32 Å². The number of hydrogen-bond acceptors (Lipinski definition) is 3. The molecular formula is C12H18N2O2S. The van der Waals surface area contributed by atoms with Crippen LogP contribution in [0.2, 0.25) is 0 Å². The molecule has 17 heavy (non-hydrogen) atoms. The molecule has 0 atom stereocenters. The van der Waals surface area contributed by atoms with Crippen molar-refractivity contribution in [2.75, 3.05) is 20.1 Å². The summed E-state index contributed by atoms with van der Waals surface area (Å²) < 4.78 is 26.4. The fourth-order valence-corrected chi connectivity index (χ4v) is 3.90. The number of hydrogen-bond donors (Lipinski definition) is 1. The maximum Gasteiger partial charge on any atom is 0.243 e. The zero-order valence-corrected chi connectivity index (χ0v) is 10.8. The molecule has 1 aromatic carbocycles. The Morgan fingerprint density at radius 3 is 2.53 bits per heavy atom. The molecule has 0 bridgehead atoms. The van der Waals surface area contributed by atoms with E-state index in [1.807, 2.05) is 19.2 Å². The molecule has 0 unspecified atom stereocenters. The highest BCUT2D eigenvalue weighted by Gasteiger charge is 2.28. The normalized spacial score (nSPS) is 17.5. The van der Waals surface area contributed by atoms with Crippen LogP contribution in [0.4, 0.5) is 0 Å². The lowest BCUT2D eigenvalue weighted by Crippen LogP contribution is -2.29. The molecule has 0 saturated carbocycles. The molecule has 1 aromatic rings. The molecule has 0 spiro atoms. The van der Waals surface area contributed by atoms with Crippen molar-refractivity contribution >= 4 is 10.0 Å². The maximum atomic E-state index is 12.4. The molecule has 2 rings (SSSR count). The van der Waals surface area contributed by atoms with E-state index < -0.39 is 10.0 Å². The van der Waals surface area contributed by atoms with E-state index >= 15 is 0 Å². The van der Waals surface area contributed by atoms with E-state index in [2.05, 4.69) is 5.32 Å². The van der Waals surface area contributed by atoms with Gasteiger partial charge in [-0.25, -0.2) is 8.42 Å². The van der Waals surface area contributed by atoms with Crippen molar-refractivity contribution in [2.24, 2.45) is 0 Å². The molecule has 1 aliphatic heterocycles. The van der Waals surface area contributed by atoms with Gasteiger partial charge in [-0.3, -0.25) is 0 Å². The van der Waals surface area contributed by atoms with E-state index in [1.165, 1.54) is 0 Å². The summed E-state index contributed by atoms with van der Waals surface area (Å²) in [6.07, 6.45) is 1.93. The molecule has 4 nitrogen and oxygen atoms in total. The molecule has 1 aliphatic rings. The van der Waals surface area contributed by atoms with Crippen molar-refractivity contribution < 1.29 is 8.42 Å². The van der Waals surface area contributed by atoms with Crippen molar-refractivity contribution in [3.8, 4) is 0 Å². The number of benzene rings is 1. The Balaban J connectivity index is 2.38. The van der Waals surface area contributed by atoms with Gasteiger partial charge in [-0.2, -0.15) is 4.31 Å². The number of nitrogens with zero attached hydrogens (tertiary/aromatic N) is 1. The second kappa shape index (κ2) is 5.16.